The Morgan fingerprint density at radius 1 is 1.04 bits per heavy atom. The van der Waals surface area contributed by atoms with E-state index in [9.17, 15) is 51.4 Å². The number of alkyl halides is 3. The largest absolute Gasteiger partial charge is 0.444 e. The van der Waals surface area contributed by atoms with Gasteiger partial charge in [-0.2, -0.15) is 0 Å². The number of rotatable bonds is 7. The van der Waals surface area contributed by atoms with Crippen molar-refractivity contribution in [3.8, 4) is 0 Å². The Bertz CT molecular complexity index is 1510. The van der Waals surface area contributed by atoms with E-state index < -0.39 is 106 Å². The molecule has 1 aliphatic heterocycles. The Kier molecular flexibility index (Phi) is 9.05. The van der Waals surface area contributed by atoms with Crippen molar-refractivity contribution >= 4 is 33.8 Å². The Labute approximate surface area is 264 Å². The van der Waals surface area contributed by atoms with E-state index >= 15 is 0 Å². The Balaban J connectivity index is 1.84. The first-order valence-corrected chi connectivity index (χ1v) is 16.4. The maximum atomic E-state index is 14.8. The van der Waals surface area contributed by atoms with E-state index in [4.69, 9.17) is 4.74 Å². The third-order valence-electron chi connectivity index (χ3n) is 7.57. The average molecular weight is 705 g/mol. The number of aromatic nitrogens is 1. The zero-order chi connectivity index (χ0) is 35.2. The fourth-order valence-corrected chi connectivity index (χ4v) is 6.08. The van der Waals surface area contributed by atoms with Gasteiger partial charge in [-0.25, -0.2) is 22.4 Å². The first-order chi connectivity index (χ1) is 21.3. The van der Waals surface area contributed by atoms with Gasteiger partial charge >= 0.3 is 16.3 Å². The van der Waals surface area contributed by atoms with Gasteiger partial charge in [-0.15, -0.1) is 0 Å². The molecule has 2 heterocycles. The van der Waals surface area contributed by atoms with Gasteiger partial charge in [-0.3, -0.25) is 24.4 Å². The third-order valence-corrected chi connectivity index (χ3v) is 8.74. The highest BCUT2D eigenvalue weighted by Crippen LogP contribution is 3.02. The summed E-state index contributed by atoms with van der Waals surface area (Å²) in [6, 6.07) is -2.90. The van der Waals surface area contributed by atoms with Crippen molar-refractivity contribution in [1.29, 1.82) is 0 Å². The summed E-state index contributed by atoms with van der Waals surface area (Å²) in [5.41, 5.74) is -2.05. The molecule has 1 N–H and O–H groups in total. The van der Waals surface area contributed by atoms with Crippen LogP contribution in [0.5, 0.6) is 0 Å². The second kappa shape index (κ2) is 11.8. The van der Waals surface area contributed by atoms with Crippen LogP contribution in [0.1, 0.15) is 64.5 Å². The summed E-state index contributed by atoms with van der Waals surface area (Å²) in [5, 5.41) is 2.50. The lowest BCUT2D eigenvalue weighted by Crippen LogP contribution is -2.54. The van der Waals surface area contributed by atoms with Crippen molar-refractivity contribution in [3.63, 3.8) is 0 Å². The van der Waals surface area contributed by atoms with Crippen LogP contribution >= 0.6 is 10.2 Å². The second-order valence-corrected chi connectivity index (χ2v) is 15.0. The Hall–Kier alpha value is -3.70. The molecule has 18 heteroatoms. The van der Waals surface area contributed by atoms with Gasteiger partial charge in [0.25, 0.3) is 5.91 Å². The minimum atomic E-state index is -10.2. The van der Waals surface area contributed by atoms with Crippen molar-refractivity contribution in [1.82, 2.24) is 15.2 Å². The molecule has 4 rings (SSSR count). The summed E-state index contributed by atoms with van der Waals surface area (Å²) in [6.07, 6.45) is -3.46. The van der Waals surface area contributed by atoms with Crippen molar-refractivity contribution in [2.75, 3.05) is 11.4 Å². The highest BCUT2D eigenvalue weighted by molar-refractivity contribution is 8.45. The molecule has 0 spiro atoms. The highest BCUT2D eigenvalue weighted by Gasteiger charge is 2.65. The first-order valence-electron chi connectivity index (χ1n) is 14.4. The predicted molar refractivity (Wildman–Crippen MR) is 154 cm³/mol. The number of carbonyl (C=O) groups excluding carboxylic acids is 3. The molecule has 1 saturated heterocycles. The number of carbonyl (C=O) groups is 3. The van der Waals surface area contributed by atoms with E-state index in [1.165, 1.54) is 20.8 Å². The van der Waals surface area contributed by atoms with E-state index in [0.29, 0.717) is 17.0 Å². The molecule has 2 fully saturated rings. The van der Waals surface area contributed by atoms with Crippen LogP contribution in [0.3, 0.4) is 0 Å². The van der Waals surface area contributed by atoms with Crippen molar-refractivity contribution in [3.05, 3.63) is 54.1 Å². The van der Waals surface area contributed by atoms with Crippen LogP contribution in [-0.4, -0.2) is 64.1 Å². The minimum absolute atomic E-state index is 0.0164. The number of hydrogen-bond donors (Lipinski definition) is 1. The van der Waals surface area contributed by atoms with Crippen LogP contribution in [0.2, 0.25) is 0 Å². The summed E-state index contributed by atoms with van der Waals surface area (Å²) in [5.74, 6) is -6.37. The fraction of sp³-hybridized carbons (Fsp3) is 0.517. The molecule has 2 aromatic rings. The maximum Gasteiger partial charge on any atom is 0.411 e. The SMILES string of the molecule is CC(C)(C)OC(=O)N1C[C@@H](F)C[C@@H]1C(=O)N(c1ccc(S(F)(F)(F)(F)F)cc1)C(C(=O)NC1CCC(F)(F)CC1)c1cncc(F)c1. The molecule has 3 atom stereocenters. The fourth-order valence-electron chi connectivity index (χ4n) is 5.43. The molecule has 1 aromatic carbocycles. The molecular weight excluding hydrogens is 671 g/mol. The molecular formula is C29H33F9N4O4S. The topological polar surface area (TPSA) is 91.8 Å². The number of benzene rings is 1. The van der Waals surface area contributed by atoms with E-state index in [1.54, 1.807) is 0 Å². The molecule has 8 nitrogen and oxygen atoms in total. The summed E-state index contributed by atoms with van der Waals surface area (Å²) in [4.78, 5) is 43.8. The molecule has 0 radical (unpaired) electrons. The number of amides is 3. The number of anilines is 1. The lowest BCUT2D eigenvalue weighted by molar-refractivity contribution is -0.129. The van der Waals surface area contributed by atoms with Crippen LogP contribution in [0.4, 0.5) is 47.5 Å². The third kappa shape index (κ3) is 9.01. The van der Waals surface area contributed by atoms with Gasteiger partial charge in [-0.1, -0.05) is 19.4 Å². The number of pyridine rings is 1. The van der Waals surface area contributed by atoms with Gasteiger partial charge in [0.15, 0.2) is 0 Å². The van der Waals surface area contributed by atoms with Gasteiger partial charge < -0.3 is 10.1 Å². The van der Waals surface area contributed by atoms with Gasteiger partial charge in [0.1, 0.15) is 34.6 Å². The van der Waals surface area contributed by atoms with Crippen LogP contribution in [0, 0.1) is 5.82 Å². The van der Waals surface area contributed by atoms with E-state index in [-0.39, 0.29) is 30.5 Å². The molecule has 2 aliphatic rings. The first kappa shape index (κ1) is 36.1. The zero-order valence-electron chi connectivity index (χ0n) is 25.4. The van der Waals surface area contributed by atoms with Crippen molar-refractivity contribution < 1.29 is 56.1 Å². The summed E-state index contributed by atoms with van der Waals surface area (Å²) in [7, 11) is -10.2. The number of hydrogen-bond acceptors (Lipinski definition) is 5. The molecule has 1 aromatic heterocycles. The number of halogens is 9. The van der Waals surface area contributed by atoms with Crippen molar-refractivity contribution in [2.45, 2.75) is 93.6 Å². The molecule has 0 bridgehead atoms. The predicted octanol–water partition coefficient (Wildman–Crippen LogP) is 7.99. The van der Waals surface area contributed by atoms with Crippen LogP contribution < -0.4 is 10.2 Å². The summed E-state index contributed by atoms with van der Waals surface area (Å²) >= 11 is 0. The Morgan fingerprint density at radius 3 is 2.17 bits per heavy atom. The summed E-state index contributed by atoms with van der Waals surface area (Å²) < 4.78 is 130. The molecule has 1 unspecified atom stereocenters. The lowest BCUT2D eigenvalue weighted by Gasteiger charge is -2.41. The summed E-state index contributed by atoms with van der Waals surface area (Å²) in [6.45, 7) is 3.85. The average Bonchev–Trinajstić information content (AvgIpc) is 3.32. The number of nitrogens with zero attached hydrogens (tertiary/aromatic N) is 3. The number of likely N-dealkylation sites (tertiary alicyclic amines) is 1. The molecule has 262 valence electrons. The van der Waals surface area contributed by atoms with Crippen LogP contribution in [-0.2, 0) is 14.3 Å². The normalized spacial score (nSPS) is 22.5. The van der Waals surface area contributed by atoms with Crippen molar-refractivity contribution in [2.24, 2.45) is 0 Å². The smallest absolute Gasteiger partial charge is 0.411 e. The van der Waals surface area contributed by atoms with E-state index in [0.717, 1.165) is 23.4 Å². The quantitative estimate of drug-likeness (QED) is 0.295. The molecule has 1 aliphatic carbocycles. The zero-order valence-corrected chi connectivity index (χ0v) is 26.2. The minimum Gasteiger partial charge on any atom is -0.444 e. The van der Waals surface area contributed by atoms with E-state index in [2.05, 4.69) is 10.3 Å². The molecule has 1 saturated carbocycles. The van der Waals surface area contributed by atoms with Crippen LogP contribution in [0.25, 0.3) is 0 Å². The lowest BCUT2D eigenvalue weighted by atomic mass is 9.91. The van der Waals surface area contributed by atoms with E-state index in [1.807, 2.05) is 0 Å². The second-order valence-electron chi connectivity index (χ2n) is 12.6. The number of ether oxygens (including phenoxy) is 1. The van der Waals surface area contributed by atoms with Crippen LogP contribution in [0.15, 0.2) is 47.6 Å². The highest BCUT2D eigenvalue weighted by atomic mass is 32.5. The monoisotopic (exact) mass is 704 g/mol. The van der Waals surface area contributed by atoms with Gasteiger partial charge in [0.05, 0.1) is 12.7 Å². The number of nitrogens with one attached hydrogen (secondary N) is 1. The standard InChI is InChI=1S/C29H33F9N4O4S/c1-28(2,3)46-27(45)41-16-19(31)13-23(41)26(44)42(21-4-6-22(7-5-21)47(34,35,36,37)38)24(17-12-18(30)15-39-14-17)25(43)40-20-8-10-29(32,33)11-9-20/h4-7,12,14-15,19-20,23-24H,8-11,13,16H2,1-3H3,(H,40,43)/t19-,23+,24?/m0/s1. The maximum absolute atomic E-state index is 14.8. The van der Waals surface area contributed by atoms with Gasteiger partial charge in [0, 0.05) is 42.8 Å². The van der Waals surface area contributed by atoms with Gasteiger partial charge in [-0.05, 0) is 63.9 Å². The Morgan fingerprint density at radius 2 is 1.64 bits per heavy atom. The molecule has 47 heavy (non-hydrogen) atoms. The van der Waals surface area contributed by atoms with Gasteiger partial charge in [0.2, 0.25) is 11.8 Å². The molecule has 3 amide bonds.